The number of amides is 2. The summed E-state index contributed by atoms with van der Waals surface area (Å²) in [7, 11) is 0. The first-order valence-electron chi connectivity index (χ1n) is 6.57. The molecule has 1 aromatic heterocycles. The maximum Gasteiger partial charge on any atom is 0.418 e. The molecule has 0 aliphatic rings. The summed E-state index contributed by atoms with van der Waals surface area (Å²) < 4.78 is 40.1. The number of pyridine rings is 1. The maximum atomic E-state index is 13.2. The van der Waals surface area contributed by atoms with Crippen LogP contribution in [0, 0.1) is 0 Å². The van der Waals surface area contributed by atoms with Crippen LogP contribution in [0.4, 0.5) is 24.5 Å². The molecule has 0 atom stereocenters. The Morgan fingerprint density at radius 3 is 2.42 bits per heavy atom. The summed E-state index contributed by atoms with van der Waals surface area (Å²) in [6.45, 7) is 1.18. The number of halogens is 4. The van der Waals surface area contributed by atoms with Crippen LogP contribution in [0.5, 0.6) is 0 Å². The Morgan fingerprint density at radius 1 is 1.12 bits per heavy atom. The molecule has 5 nitrogen and oxygen atoms in total. The van der Waals surface area contributed by atoms with Crippen molar-refractivity contribution >= 4 is 39.1 Å². The van der Waals surface area contributed by atoms with Crippen LogP contribution in [0.3, 0.4) is 0 Å². The highest BCUT2D eigenvalue weighted by molar-refractivity contribution is 9.10. The molecule has 24 heavy (non-hydrogen) atoms. The van der Waals surface area contributed by atoms with Gasteiger partial charge >= 0.3 is 6.18 Å². The number of rotatable bonds is 3. The van der Waals surface area contributed by atoms with Crippen molar-refractivity contribution < 1.29 is 22.8 Å². The molecular weight excluding hydrogens is 391 g/mol. The van der Waals surface area contributed by atoms with Gasteiger partial charge in [0, 0.05) is 29.5 Å². The number of carbonyl (C=O) groups is 2. The molecule has 0 saturated carbocycles. The second-order valence-corrected chi connectivity index (χ2v) is 5.70. The second-order valence-electron chi connectivity index (χ2n) is 4.79. The molecule has 2 rings (SSSR count). The number of nitrogens with zero attached hydrogens (tertiary/aromatic N) is 1. The monoisotopic (exact) mass is 401 g/mol. The van der Waals surface area contributed by atoms with E-state index in [9.17, 15) is 22.8 Å². The normalized spacial score (nSPS) is 11.0. The van der Waals surface area contributed by atoms with E-state index in [-0.39, 0.29) is 11.3 Å². The van der Waals surface area contributed by atoms with Crippen LogP contribution in [0.1, 0.15) is 22.8 Å². The van der Waals surface area contributed by atoms with E-state index < -0.39 is 29.2 Å². The highest BCUT2D eigenvalue weighted by atomic mass is 79.9. The lowest BCUT2D eigenvalue weighted by Gasteiger charge is -2.15. The SMILES string of the molecule is CC(=O)Nc1ccc(NC(=O)c2cncc(Br)c2)c(C(F)(F)F)c1. The second kappa shape index (κ2) is 7.00. The summed E-state index contributed by atoms with van der Waals surface area (Å²) in [5, 5.41) is 4.48. The molecule has 0 radical (unpaired) electrons. The van der Waals surface area contributed by atoms with E-state index in [0.717, 1.165) is 12.1 Å². The first-order chi connectivity index (χ1) is 11.2. The van der Waals surface area contributed by atoms with Crippen molar-refractivity contribution in [2.24, 2.45) is 0 Å². The Morgan fingerprint density at radius 2 is 1.83 bits per heavy atom. The molecule has 0 bridgehead atoms. The van der Waals surface area contributed by atoms with Crippen molar-refractivity contribution in [2.45, 2.75) is 13.1 Å². The van der Waals surface area contributed by atoms with Crippen LogP contribution >= 0.6 is 15.9 Å². The maximum absolute atomic E-state index is 13.2. The van der Waals surface area contributed by atoms with Gasteiger partial charge in [0.05, 0.1) is 16.8 Å². The molecule has 2 aromatic rings. The zero-order chi connectivity index (χ0) is 17.9. The third kappa shape index (κ3) is 4.54. The molecular formula is C15H11BrF3N3O2. The molecule has 1 aromatic carbocycles. The quantitative estimate of drug-likeness (QED) is 0.813. The average Bonchev–Trinajstić information content (AvgIpc) is 2.47. The zero-order valence-corrected chi connectivity index (χ0v) is 13.8. The van der Waals surface area contributed by atoms with Gasteiger partial charge in [0.1, 0.15) is 0 Å². The van der Waals surface area contributed by atoms with E-state index in [2.05, 4.69) is 31.5 Å². The molecule has 0 aliphatic heterocycles. The summed E-state index contributed by atoms with van der Waals surface area (Å²) in [5.74, 6) is -1.23. The highest BCUT2D eigenvalue weighted by Gasteiger charge is 2.34. The van der Waals surface area contributed by atoms with E-state index in [1.165, 1.54) is 31.5 Å². The summed E-state index contributed by atoms with van der Waals surface area (Å²) in [4.78, 5) is 26.9. The van der Waals surface area contributed by atoms with Gasteiger partial charge in [-0.1, -0.05) is 0 Å². The molecule has 2 amide bonds. The van der Waals surface area contributed by atoms with Gasteiger partial charge < -0.3 is 10.6 Å². The standard InChI is InChI=1S/C15H11BrF3N3O2/c1-8(23)21-11-2-3-13(12(5-11)15(17,18)19)22-14(24)9-4-10(16)7-20-6-9/h2-7H,1H3,(H,21,23)(H,22,24). The number of hydrogen-bond donors (Lipinski definition) is 2. The van der Waals surface area contributed by atoms with Crippen LogP contribution < -0.4 is 10.6 Å². The van der Waals surface area contributed by atoms with Crippen LogP contribution in [-0.4, -0.2) is 16.8 Å². The number of nitrogens with one attached hydrogen (secondary N) is 2. The van der Waals surface area contributed by atoms with Gasteiger partial charge in [-0.05, 0) is 40.2 Å². The van der Waals surface area contributed by atoms with Crippen LogP contribution in [-0.2, 0) is 11.0 Å². The van der Waals surface area contributed by atoms with Crippen molar-refractivity contribution in [1.29, 1.82) is 0 Å². The first kappa shape index (κ1) is 17.9. The van der Waals surface area contributed by atoms with Crippen LogP contribution in [0.15, 0.2) is 41.1 Å². The first-order valence-corrected chi connectivity index (χ1v) is 7.37. The van der Waals surface area contributed by atoms with E-state index in [4.69, 9.17) is 0 Å². The summed E-state index contributed by atoms with van der Waals surface area (Å²) in [6, 6.07) is 4.54. The number of alkyl halides is 3. The Labute approximate surface area is 143 Å². The number of anilines is 2. The smallest absolute Gasteiger partial charge is 0.326 e. The van der Waals surface area contributed by atoms with Crippen LogP contribution in [0.25, 0.3) is 0 Å². The summed E-state index contributed by atoms with van der Waals surface area (Å²) in [5.41, 5.74) is -1.40. The average molecular weight is 402 g/mol. The Bertz CT molecular complexity index is 794. The van der Waals surface area contributed by atoms with Gasteiger partial charge in [-0.15, -0.1) is 0 Å². The third-order valence-electron chi connectivity index (χ3n) is 2.86. The van der Waals surface area contributed by atoms with Crippen molar-refractivity contribution in [2.75, 3.05) is 10.6 Å². The van der Waals surface area contributed by atoms with Gasteiger partial charge in [-0.2, -0.15) is 13.2 Å². The Kier molecular flexibility index (Phi) is 5.23. The minimum Gasteiger partial charge on any atom is -0.326 e. The van der Waals surface area contributed by atoms with Gasteiger partial charge in [0.2, 0.25) is 5.91 Å². The molecule has 1 heterocycles. The fraction of sp³-hybridized carbons (Fsp3) is 0.133. The zero-order valence-electron chi connectivity index (χ0n) is 12.2. The molecule has 0 unspecified atom stereocenters. The summed E-state index contributed by atoms with van der Waals surface area (Å²) >= 11 is 3.13. The number of aromatic nitrogens is 1. The number of benzene rings is 1. The number of carbonyl (C=O) groups excluding carboxylic acids is 2. The molecule has 126 valence electrons. The van der Waals surface area contributed by atoms with Gasteiger partial charge in [0.25, 0.3) is 5.91 Å². The van der Waals surface area contributed by atoms with Gasteiger partial charge in [-0.25, -0.2) is 0 Å². The van der Waals surface area contributed by atoms with Gasteiger partial charge in [0.15, 0.2) is 0 Å². The third-order valence-corrected chi connectivity index (χ3v) is 3.29. The van der Waals surface area contributed by atoms with E-state index in [1.54, 1.807) is 0 Å². The van der Waals surface area contributed by atoms with Crippen molar-refractivity contribution in [3.63, 3.8) is 0 Å². The fourth-order valence-electron chi connectivity index (χ4n) is 1.90. The molecule has 2 N–H and O–H groups in total. The lowest BCUT2D eigenvalue weighted by Crippen LogP contribution is -2.17. The minimum atomic E-state index is -4.70. The molecule has 9 heteroatoms. The predicted molar refractivity (Wildman–Crippen MR) is 85.6 cm³/mol. The Hall–Kier alpha value is -2.42. The van der Waals surface area contributed by atoms with Crippen molar-refractivity contribution in [3.05, 3.63) is 52.3 Å². The van der Waals surface area contributed by atoms with Crippen molar-refractivity contribution in [3.8, 4) is 0 Å². The summed E-state index contributed by atoms with van der Waals surface area (Å²) in [6.07, 6.45) is -2.02. The lowest BCUT2D eigenvalue weighted by atomic mass is 10.1. The lowest BCUT2D eigenvalue weighted by molar-refractivity contribution is -0.137. The Balaban J connectivity index is 2.35. The van der Waals surface area contributed by atoms with E-state index in [0.29, 0.717) is 4.47 Å². The molecule has 0 aliphatic carbocycles. The molecule has 0 saturated heterocycles. The van der Waals surface area contributed by atoms with E-state index >= 15 is 0 Å². The fourth-order valence-corrected chi connectivity index (χ4v) is 2.26. The molecule has 0 spiro atoms. The van der Waals surface area contributed by atoms with Crippen LogP contribution in [0.2, 0.25) is 0 Å². The predicted octanol–water partition coefficient (Wildman–Crippen LogP) is 4.07. The highest BCUT2D eigenvalue weighted by Crippen LogP contribution is 2.36. The topological polar surface area (TPSA) is 71.1 Å². The minimum absolute atomic E-state index is 0.0167. The van der Waals surface area contributed by atoms with E-state index in [1.807, 2.05) is 0 Å². The van der Waals surface area contributed by atoms with Crippen molar-refractivity contribution in [1.82, 2.24) is 4.98 Å². The largest absolute Gasteiger partial charge is 0.418 e. The molecule has 0 fully saturated rings. The van der Waals surface area contributed by atoms with Gasteiger partial charge in [-0.3, -0.25) is 14.6 Å². The number of hydrogen-bond acceptors (Lipinski definition) is 3.